The smallest absolute Gasteiger partial charge is 0.748 e. The van der Waals surface area contributed by atoms with Crippen molar-refractivity contribution >= 4 is 22.1 Å². The topological polar surface area (TPSA) is 110 Å². The van der Waals surface area contributed by atoms with E-state index in [2.05, 4.69) is 6.92 Å². The molecule has 1 aromatic carbocycles. The summed E-state index contributed by atoms with van der Waals surface area (Å²) in [4.78, 5) is 24.7. The second-order valence-electron chi connectivity index (χ2n) is 9.53. The molecule has 0 aromatic heterocycles. The van der Waals surface area contributed by atoms with E-state index >= 15 is 0 Å². The van der Waals surface area contributed by atoms with Gasteiger partial charge in [0.1, 0.15) is 16.7 Å². The van der Waals surface area contributed by atoms with Crippen molar-refractivity contribution in [1.29, 1.82) is 0 Å². The van der Waals surface area contributed by atoms with E-state index < -0.39 is 33.9 Å². The SMILES string of the molecule is CCCCCCCCCCCCCCCCCOC(=O)c1ccccc1C(=O)OCC(C)S(=O)(=O)[O-].[Na+]. The molecule has 0 aliphatic heterocycles. The minimum atomic E-state index is -4.56. The summed E-state index contributed by atoms with van der Waals surface area (Å²) < 4.78 is 43.1. The summed E-state index contributed by atoms with van der Waals surface area (Å²) >= 11 is 0. The quantitative estimate of drug-likeness (QED) is 0.0994. The Morgan fingerprint density at radius 2 is 1.11 bits per heavy atom. The van der Waals surface area contributed by atoms with Crippen LogP contribution < -0.4 is 29.6 Å². The summed E-state index contributed by atoms with van der Waals surface area (Å²) in [6, 6.07) is 6.03. The predicted molar refractivity (Wildman–Crippen MR) is 141 cm³/mol. The van der Waals surface area contributed by atoms with Gasteiger partial charge in [-0.15, -0.1) is 0 Å². The Hall–Kier alpha value is -0.930. The van der Waals surface area contributed by atoms with E-state index in [9.17, 15) is 22.6 Å². The molecule has 0 radical (unpaired) electrons. The van der Waals surface area contributed by atoms with Crippen molar-refractivity contribution in [2.75, 3.05) is 13.2 Å². The summed E-state index contributed by atoms with van der Waals surface area (Å²) in [5, 5.41) is -1.37. The molecule has 0 N–H and O–H groups in total. The van der Waals surface area contributed by atoms with Crippen molar-refractivity contribution in [2.45, 2.75) is 115 Å². The number of benzene rings is 1. The van der Waals surface area contributed by atoms with Gasteiger partial charge in [-0.1, -0.05) is 109 Å². The first kappa shape index (κ1) is 36.1. The Kier molecular flexibility index (Phi) is 21.4. The Morgan fingerprint density at radius 3 is 1.51 bits per heavy atom. The second-order valence-corrected chi connectivity index (χ2v) is 11.3. The zero-order valence-corrected chi connectivity index (χ0v) is 26.0. The number of rotatable bonds is 21. The molecule has 1 rings (SSSR count). The van der Waals surface area contributed by atoms with Crippen molar-refractivity contribution < 1.29 is 61.6 Å². The van der Waals surface area contributed by atoms with E-state index in [0.717, 1.165) is 26.2 Å². The average molecular weight is 549 g/mol. The maximum absolute atomic E-state index is 12.4. The fraction of sp³-hybridized carbons (Fsp3) is 0.714. The van der Waals surface area contributed by atoms with Crippen molar-refractivity contribution in [3.8, 4) is 0 Å². The molecule has 0 heterocycles. The number of carbonyl (C=O) groups excluding carboxylic acids is 2. The zero-order valence-electron chi connectivity index (χ0n) is 23.2. The van der Waals surface area contributed by atoms with E-state index in [0.29, 0.717) is 0 Å². The molecule has 1 aromatic rings. The standard InChI is InChI=1S/C28H46O7S.Na/c1-3-4-5-6-7-8-9-10-11-12-13-14-15-16-19-22-34-27(29)25-20-17-18-21-26(25)28(30)35-23-24(2)36(31,32)33;/h17-18,20-21,24H,3-16,19,22-23H2,1-2H3,(H,31,32,33);/q;+1/p-1. The molecule has 0 amide bonds. The molecule has 1 atom stereocenters. The van der Waals surface area contributed by atoms with Gasteiger partial charge in [0.2, 0.25) is 0 Å². The average Bonchev–Trinajstić information content (AvgIpc) is 2.86. The van der Waals surface area contributed by atoms with E-state index in [1.54, 1.807) is 12.1 Å². The molecular formula is C28H45NaO7S. The van der Waals surface area contributed by atoms with Crippen LogP contribution in [0.25, 0.3) is 0 Å². The molecule has 0 aliphatic carbocycles. The van der Waals surface area contributed by atoms with Crippen LogP contribution >= 0.6 is 0 Å². The molecular weight excluding hydrogens is 503 g/mol. The van der Waals surface area contributed by atoms with Crippen molar-refractivity contribution in [1.82, 2.24) is 0 Å². The summed E-state index contributed by atoms with van der Waals surface area (Å²) in [5.41, 5.74) is 0.0376. The van der Waals surface area contributed by atoms with Crippen molar-refractivity contribution in [3.05, 3.63) is 35.4 Å². The molecule has 0 bridgehead atoms. The normalized spacial score (nSPS) is 12.0. The third-order valence-corrected chi connectivity index (χ3v) is 7.41. The monoisotopic (exact) mass is 548 g/mol. The third-order valence-electron chi connectivity index (χ3n) is 6.29. The maximum Gasteiger partial charge on any atom is 1.00 e. The summed E-state index contributed by atoms with van der Waals surface area (Å²) in [6.45, 7) is 3.10. The van der Waals surface area contributed by atoms with Crippen LogP contribution in [0.3, 0.4) is 0 Å². The summed E-state index contributed by atoms with van der Waals surface area (Å²) in [5.74, 6) is -1.50. The van der Waals surface area contributed by atoms with Gasteiger partial charge in [-0.3, -0.25) is 0 Å². The molecule has 0 spiro atoms. The van der Waals surface area contributed by atoms with Gasteiger partial charge >= 0.3 is 41.5 Å². The first-order valence-corrected chi connectivity index (χ1v) is 15.1. The molecule has 0 aliphatic rings. The van der Waals surface area contributed by atoms with Crippen molar-refractivity contribution in [2.24, 2.45) is 0 Å². The molecule has 7 nitrogen and oxygen atoms in total. The van der Waals surface area contributed by atoms with Gasteiger partial charge in [0.25, 0.3) is 0 Å². The Bertz CT molecular complexity index is 858. The molecule has 0 saturated heterocycles. The molecule has 1 unspecified atom stereocenters. The van der Waals surface area contributed by atoms with E-state index in [-0.39, 0.29) is 47.3 Å². The van der Waals surface area contributed by atoms with Crippen LogP contribution in [0.2, 0.25) is 0 Å². The van der Waals surface area contributed by atoms with Crippen LogP contribution in [0.15, 0.2) is 24.3 Å². The Balaban J connectivity index is 0.0000130. The first-order valence-electron chi connectivity index (χ1n) is 13.6. The number of esters is 2. The van der Waals surface area contributed by atoms with Crippen LogP contribution in [-0.4, -0.2) is 43.4 Å². The third kappa shape index (κ3) is 17.3. The van der Waals surface area contributed by atoms with Crippen molar-refractivity contribution in [3.63, 3.8) is 0 Å². The van der Waals surface area contributed by atoms with E-state index in [1.807, 2.05) is 0 Å². The number of hydrogen-bond acceptors (Lipinski definition) is 7. The number of ether oxygens (including phenoxy) is 2. The minimum Gasteiger partial charge on any atom is -0.748 e. The fourth-order valence-corrected chi connectivity index (χ4v) is 4.14. The van der Waals surface area contributed by atoms with Crippen LogP contribution in [0, 0.1) is 0 Å². The predicted octanol–water partition coefficient (Wildman–Crippen LogP) is 3.81. The first-order chi connectivity index (χ1) is 17.3. The van der Waals surface area contributed by atoms with E-state index in [4.69, 9.17) is 9.47 Å². The maximum atomic E-state index is 12.4. The van der Waals surface area contributed by atoms with Crippen LogP contribution in [0.5, 0.6) is 0 Å². The zero-order chi connectivity index (χ0) is 26.7. The van der Waals surface area contributed by atoms with Gasteiger partial charge in [-0.05, 0) is 25.5 Å². The van der Waals surface area contributed by atoms with Gasteiger partial charge < -0.3 is 14.0 Å². The Morgan fingerprint density at radius 1 is 0.730 bits per heavy atom. The van der Waals surface area contributed by atoms with Gasteiger partial charge in [-0.2, -0.15) is 0 Å². The van der Waals surface area contributed by atoms with Gasteiger partial charge in [0.05, 0.1) is 23.0 Å². The fourth-order valence-electron chi connectivity index (χ4n) is 3.91. The molecule has 206 valence electrons. The summed E-state index contributed by atoms with van der Waals surface area (Å²) in [6.07, 6.45) is 18.8. The Labute approximate surface area is 246 Å². The van der Waals surface area contributed by atoms with Gasteiger partial charge in [0, 0.05) is 0 Å². The molecule has 0 fully saturated rings. The second kappa shape index (κ2) is 21.9. The number of carbonyl (C=O) groups is 2. The van der Waals surface area contributed by atoms with Crippen LogP contribution in [-0.2, 0) is 19.6 Å². The summed E-state index contributed by atoms with van der Waals surface area (Å²) in [7, 11) is -4.56. The molecule has 37 heavy (non-hydrogen) atoms. The van der Waals surface area contributed by atoms with Crippen LogP contribution in [0.1, 0.15) is 131 Å². The largest absolute Gasteiger partial charge is 1.00 e. The molecule has 9 heteroatoms. The number of unbranched alkanes of at least 4 members (excludes halogenated alkanes) is 14. The van der Waals surface area contributed by atoms with Gasteiger partial charge in [0.15, 0.2) is 0 Å². The molecule has 0 saturated carbocycles. The van der Waals surface area contributed by atoms with E-state index in [1.165, 1.54) is 89.2 Å². The van der Waals surface area contributed by atoms with Gasteiger partial charge in [-0.25, -0.2) is 18.0 Å². The number of hydrogen-bond donors (Lipinski definition) is 0. The minimum absolute atomic E-state index is 0. The van der Waals surface area contributed by atoms with Crippen LogP contribution in [0.4, 0.5) is 0 Å².